The maximum Gasteiger partial charge on any atom is 0.223 e. The number of benzene rings is 2. The van der Waals surface area contributed by atoms with Crippen LogP contribution in [0, 0.1) is 5.41 Å². The molecule has 1 amide bonds. The van der Waals surface area contributed by atoms with Gasteiger partial charge in [-0.1, -0.05) is 55.5 Å². The topological polar surface area (TPSA) is 71.5 Å². The second-order valence-electron chi connectivity index (χ2n) is 7.49. The summed E-state index contributed by atoms with van der Waals surface area (Å²) in [6, 6.07) is 15.5. The summed E-state index contributed by atoms with van der Waals surface area (Å²) in [5, 5.41) is 0. The summed E-state index contributed by atoms with van der Waals surface area (Å²) in [4.78, 5) is 25.4. The Labute approximate surface area is 165 Å². The van der Waals surface area contributed by atoms with Crippen molar-refractivity contribution >= 4 is 27.2 Å². The first kappa shape index (κ1) is 20.0. The van der Waals surface area contributed by atoms with Crippen LogP contribution >= 0.6 is 0 Å². The van der Waals surface area contributed by atoms with E-state index in [1.165, 1.54) is 38.1 Å². The lowest BCUT2D eigenvalue weighted by molar-refractivity contribution is -0.125. The second-order valence-corrected chi connectivity index (χ2v) is 9.48. The van der Waals surface area contributed by atoms with Gasteiger partial charge in [-0.15, -0.1) is 0 Å². The molecule has 0 aromatic heterocycles. The highest BCUT2D eigenvalue weighted by atomic mass is 32.2. The number of nitrogens with zero attached hydrogens (tertiary/aromatic N) is 1. The molecule has 2 aromatic rings. The smallest absolute Gasteiger partial charge is 0.223 e. The summed E-state index contributed by atoms with van der Waals surface area (Å²) in [6.45, 7) is 5.07. The summed E-state index contributed by atoms with van der Waals surface area (Å²) in [6.07, 6.45) is 1.88. The van der Waals surface area contributed by atoms with Crippen LogP contribution in [0.2, 0.25) is 0 Å². The number of ketones is 1. The molecule has 0 saturated heterocycles. The van der Waals surface area contributed by atoms with Gasteiger partial charge in [0.2, 0.25) is 5.91 Å². The minimum Gasteiger partial charge on any atom is -0.311 e. The van der Waals surface area contributed by atoms with Crippen LogP contribution < -0.4 is 0 Å². The highest BCUT2D eigenvalue weighted by Gasteiger charge is 2.39. The lowest BCUT2D eigenvalue weighted by Crippen LogP contribution is -2.34. The monoisotopic (exact) mass is 397 g/mol. The van der Waals surface area contributed by atoms with Crippen LogP contribution in [0.15, 0.2) is 65.6 Å². The van der Waals surface area contributed by atoms with Gasteiger partial charge < -0.3 is 4.90 Å². The van der Waals surface area contributed by atoms with Gasteiger partial charge in [-0.25, -0.2) is 8.42 Å². The Balaban J connectivity index is 1.93. The van der Waals surface area contributed by atoms with Crippen molar-refractivity contribution in [3.8, 4) is 0 Å². The number of carbonyl (C=O) groups is 2. The van der Waals surface area contributed by atoms with Crippen molar-refractivity contribution in [1.82, 2.24) is 4.90 Å². The Morgan fingerprint density at radius 1 is 1.00 bits per heavy atom. The number of rotatable bonds is 5. The molecule has 0 radical (unpaired) electrons. The van der Waals surface area contributed by atoms with Crippen LogP contribution in [-0.2, 0) is 14.6 Å². The van der Waals surface area contributed by atoms with Gasteiger partial charge in [-0.05, 0) is 24.6 Å². The molecule has 0 aliphatic carbocycles. The molecule has 1 atom stereocenters. The van der Waals surface area contributed by atoms with E-state index < -0.39 is 15.3 Å². The van der Waals surface area contributed by atoms with Crippen LogP contribution in [0.4, 0.5) is 0 Å². The van der Waals surface area contributed by atoms with Gasteiger partial charge in [0.1, 0.15) is 0 Å². The molecule has 2 aromatic carbocycles. The molecule has 0 saturated carbocycles. The van der Waals surface area contributed by atoms with E-state index in [0.29, 0.717) is 12.1 Å². The maximum atomic E-state index is 13.0. The average Bonchev–Trinajstić information content (AvgIpc) is 2.99. The third kappa shape index (κ3) is 4.07. The third-order valence-corrected chi connectivity index (χ3v) is 6.91. The molecule has 6 heteroatoms. The van der Waals surface area contributed by atoms with Crippen LogP contribution in [0.3, 0.4) is 0 Å². The summed E-state index contributed by atoms with van der Waals surface area (Å²) in [5.41, 5.74) is 1.37. The fraction of sp³-hybridized carbons (Fsp3) is 0.273. The van der Waals surface area contributed by atoms with E-state index in [4.69, 9.17) is 0 Å². The Morgan fingerprint density at radius 3 is 2.14 bits per heavy atom. The molecule has 0 fully saturated rings. The van der Waals surface area contributed by atoms with Crippen molar-refractivity contribution in [3.63, 3.8) is 0 Å². The average molecular weight is 397 g/mol. The van der Waals surface area contributed by atoms with E-state index in [1.807, 2.05) is 43.3 Å². The highest BCUT2D eigenvalue weighted by molar-refractivity contribution is 7.91. The summed E-state index contributed by atoms with van der Waals surface area (Å²) in [7, 11) is -3.59. The molecule has 1 unspecified atom stereocenters. The van der Waals surface area contributed by atoms with Crippen molar-refractivity contribution in [1.29, 1.82) is 0 Å². The van der Waals surface area contributed by atoms with Crippen LogP contribution in [-0.4, -0.2) is 37.3 Å². The molecule has 1 aliphatic heterocycles. The van der Waals surface area contributed by atoms with Gasteiger partial charge in [0, 0.05) is 30.1 Å². The first-order chi connectivity index (χ1) is 13.1. The number of hydrogen-bond donors (Lipinski definition) is 0. The Kier molecular flexibility index (Phi) is 5.26. The standard InChI is InChI=1S/C22H23NO4S/c1-16(24)18-9-11-20(12-10-18)28(26,27)15-22(3)13-21(23(14-22)17(2)25)19-7-5-4-6-8-19/h4-13H,14-15H2,1-3H3. The number of Topliss-reactive ketones (excluding diaryl/α,β-unsaturated/α-hetero) is 1. The van der Waals surface area contributed by atoms with Crippen molar-refractivity contribution < 1.29 is 18.0 Å². The molecule has 28 heavy (non-hydrogen) atoms. The molecule has 5 nitrogen and oxygen atoms in total. The molecular weight excluding hydrogens is 374 g/mol. The first-order valence-electron chi connectivity index (χ1n) is 9.01. The van der Waals surface area contributed by atoms with Crippen molar-refractivity contribution in [2.75, 3.05) is 12.3 Å². The predicted octanol–water partition coefficient (Wildman–Crippen LogP) is 3.57. The zero-order chi connectivity index (χ0) is 20.5. The quantitative estimate of drug-likeness (QED) is 0.723. The number of carbonyl (C=O) groups excluding carboxylic acids is 2. The Bertz CT molecular complexity index is 1040. The van der Waals surface area contributed by atoms with E-state index in [0.717, 1.165) is 11.3 Å². The molecule has 0 N–H and O–H groups in total. The minimum atomic E-state index is -3.59. The molecule has 1 aliphatic rings. The third-order valence-electron chi connectivity index (χ3n) is 4.88. The summed E-state index contributed by atoms with van der Waals surface area (Å²) < 4.78 is 26.0. The molecule has 3 rings (SSSR count). The first-order valence-corrected chi connectivity index (χ1v) is 10.7. The summed E-state index contributed by atoms with van der Waals surface area (Å²) in [5.74, 6) is -0.360. The van der Waals surface area contributed by atoms with Gasteiger partial charge in [0.05, 0.1) is 10.6 Å². The van der Waals surface area contributed by atoms with Crippen LogP contribution in [0.1, 0.15) is 36.7 Å². The van der Waals surface area contributed by atoms with E-state index in [9.17, 15) is 18.0 Å². The SMILES string of the molecule is CC(=O)c1ccc(S(=O)(=O)CC2(C)C=C(c3ccccc3)N(C(C)=O)C2)cc1. The predicted molar refractivity (Wildman–Crippen MR) is 108 cm³/mol. The minimum absolute atomic E-state index is 0.112. The van der Waals surface area contributed by atoms with Gasteiger partial charge >= 0.3 is 0 Å². The number of hydrogen-bond acceptors (Lipinski definition) is 4. The number of sulfone groups is 1. The molecule has 1 heterocycles. The van der Waals surface area contributed by atoms with E-state index >= 15 is 0 Å². The van der Waals surface area contributed by atoms with Gasteiger partial charge in [-0.2, -0.15) is 0 Å². The van der Waals surface area contributed by atoms with Crippen molar-refractivity contribution in [2.24, 2.45) is 5.41 Å². The fourth-order valence-corrected chi connectivity index (χ4v) is 5.29. The Hall–Kier alpha value is -2.73. The van der Waals surface area contributed by atoms with E-state index in [-0.39, 0.29) is 22.3 Å². The maximum absolute atomic E-state index is 13.0. The molecule has 146 valence electrons. The van der Waals surface area contributed by atoms with Gasteiger partial charge in [0.15, 0.2) is 15.6 Å². The van der Waals surface area contributed by atoms with Crippen molar-refractivity contribution in [3.05, 3.63) is 71.8 Å². The lowest BCUT2D eigenvalue weighted by Gasteiger charge is -2.25. The van der Waals surface area contributed by atoms with Gasteiger partial charge in [-0.3, -0.25) is 9.59 Å². The zero-order valence-electron chi connectivity index (χ0n) is 16.2. The molecule has 0 bridgehead atoms. The number of amides is 1. The zero-order valence-corrected chi connectivity index (χ0v) is 17.0. The largest absolute Gasteiger partial charge is 0.311 e. The second kappa shape index (κ2) is 7.36. The lowest BCUT2D eigenvalue weighted by atomic mass is 9.94. The van der Waals surface area contributed by atoms with Crippen molar-refractivity contribution in [2.45, 2.75) is 25.7 Å². The van der Waals surface area contributed by atoms with Crippen LogP contribution in [0.25, 0.3) is 5.70 Å². The normalized spacial score (nSPS) is 19.4. The summed E-state index contributed by atoms with van der Waals surface area (Å²) >= 11 is 0. The van der Waals surface area contributed by atoms with E-state index in [1.54, 1.807) is 4.90 Å². The molecular formula is C22H23NO4S. The highest BCUT2D eigenvalue weighted by Crippen LogP contribution is 2.38. The van der Waals surface area contributed by atoms with Crippen LogP contribution in [0.5, 0.6) is 0 Å². The molecule has 0 spiro atoms. The van der Waals surface area contributed by atoms with Gasteiger partial charge in [0.25, 0.3) is 0 Å². The van der Waals surface area contributed by atoms with E-state index in [2.05, 4.69) is 0 Å². The Morgan fingerprint density at radius 2 is 1.61 bits per heavy atom. The fourth-order valence-electron chi connectivity index (χ4n) is 3.53.